The highest BCUT2D eigenvalue weighted by atomic mass is 16.6. The molecule has 24 heavy (non-hydrogen) atoms. The molecule has 0 aromatic heterocycles. The highest BCUT2D eigenvalue weighted by Crippen LogP contribution is 2.28. The van der Waals surface area contributed by atoms with Crippen LogP contribution in [0.25, 0.3) is 21.5 Å². The second-order valence-electron chi connectivity index (χ2n) is 5.20. The van der Waals surface area contributed by atoms with Crippen LogP contribution in [0.3, 0.4) is 0 Å². The van der Waals surface area contributed by atoms with Crippen molar-refractivity contribution in [3.8, 4) is 0 Å². The van der Waals surface area contributed by atoms with Crippen LogP contribution in [0.15, 0.2) is 67.3 Å². The zero-order valence-corrected chi connectivity index (χ0v) is 13.0. The predicted molar refractivity (Wildman–Crippen MR) is 92.9 cm³/mol. The number of benzene rings is 3. The maximum Gasteiger partial charge on any atom is 0.339 e. The van der Waals surface area contributed by atoms with Gasteiger partial charge in [0.25, 0.3) is 0 Å². The van der Waals surface area contributed by atoms with Crippen molar-refractivity contribution in [1.82, 2.24) is 0 Å². The average Bonchev–Trinajstić information content (AvgIpc) is 2.62. The Balaban J connectivity index is 1.92. The monoisotopic (exact) mass is 320 g/mol. The summed E-state index contributed by atoms with van der Waals surface area (Å²) in [6, 6.07) is 17.4. The molecule has 0 bridgehead atoms. The molecule has 4 heteroatoms. The Morgan fingerprint density at radius 2 is 1.42 bits per heavy atom. The molecule has 0 atom stereocenters. The Morgan fingerprint density at radius 3 is 2.00 bits per heavy atom. The summed E-state index contributed by atoms with van der Waals surface area (Å²) < 4.78 is 10.1. The van der Waals surface area contributed by atoms with E-state index in [-0.39, 0.29) is 13.2 Å². The molecule has 120 valence electrons. The summed E-state index contributed by atoms with van der Waals surface area (Å²) in [5, 5.41) is 3.62. The van der Waals surface area contributed by atoms with Crippen molar-refractivity contribution in [2.75, 3.05) is 13.2 Å². The minimum absolute atomic E-state index is 0.000702. The second kappa shape index (κ2) is 6.96. The molecule has 0 heterocycles. The molecule has 0 fully saturated rings. The van der Waals surface area contributed by atoms with Gasteiger partial charge in [0.1, 0.15) is 13.2 Å². The number of carbonyl (C=O) groups excluding carboxylic acids is 2. The molecule has 0 radical (unpaired) electrons. The quantitative estimate of drug-likeness (QED) is 0.310. The Morgan fingerprint density at radius 1 is 0.875 bits per heavy atom. The van der Waals surface area contributed by atoms with Crippen molar-refractivity contribution in [1.29, 1.82) is 0 Å². The van der Waals surface area contributed by atoms with Crippen molar-refractivity contribution >= 4 is 33.5 Å². The normalized spacial score (nSPS) is 10.5. The largest absolute Gasteiger partial charge is 0.459 e. The number of esters is 2. The van der Waals surface area contributed by atoms with E-state index in [0.29, 0.717) is 5.56 Å². The van der Waals surface area contributed by atoms with Crippen LogP contribution >= 0.6 is 0 Å². The van der Waals surface area contributed by atoms with Gasteiger partial charge in [0.05, 0.1) is 5.56 Å². The minimum Gasteiger partial charge on any atom is -0.459 e. The number of fused-ring (bicyclic) bond motifs is 2. The molecule has 3 aromatic rings. The van der Waals surface area contributed by atoms with Crippen LogP contribution in [0.5, 0.6) is 0 Å². The Labute approximate surface area is 139 Å². The third kappa shape index (κ3) is 3.13. The fraction of sp³-hybridized carbons (Fsp3) is 0.100. The topological polar surface area (TPSA) is 52.6 Å². The van der Waals surface area contributed by atoms with Crippen LogP contribution in [0.2, 0.25) is 0 Å². The van der Waals surface area contributed by atoms with Gasteiger partial charge in [-0.2, -0.15) is 0 Å². The SMILES string of the molecule is C=CC(=O)OCCOC(=O)c1c2ccccc2cc2ccccc12. The van der Waals surface area contributed by atoms with E-state index in [2.05, 4.69) is 6.58 Å². The fourth-order valence-electron chi connectivity index (χ4n) is 2.64. The summed E-state index contributed by atoms with van der Waals surface area (Å²) in [6.45, 7) is 3.30. The lowest BCUT2D eigenvalue weighted by Crippen LogP contribution is -2.13. The zero-order chi connectivity index (χ0) is 16.9. The summed E-state index contributed by atoms with van der Waals surface area (Å²) in [6.07, 6.45) is 1.07. The molecule has 0 spiro atoms. The highest BCUT2D eigenvalue weighted by molar-refractivity contribution is 6.16. The van der Waals surface area contributed by atoms with Crippen molar-refractivity contribution in [2.45, 2.75) is 0 Å². The molecule has 0 aliphatic rings. The lowest BCUT2D eigenvalue weighted by Gasteiger charge is -2.11. The van der Waals surface area contributed by atoms with Crippen LogP contribution in [-0.2, 0) is 14.3 Å². The number of hydrogen-bond donors (Lipinski definition) is 0. The van der Waals surface area contributed by atoms with E-state index in [0.717, 1.165) is 27.6 Å². The predicted octanol–water partition coefficient (Wildman–Crippen LogP) is 3.88. The first kappa shape index (κ1) is 15.7. The minimum atomic E-state index is -0.540. The number of hydrogen-bond acceptors (Lipinski definition) is 4. The lowest BCUT2D eigenvalue weighted by atomic mass is 9.97. The lowest BCUT2D eigenvalue weighted by molar-refractivity contribution is -0.138. The van der Waals surface area contributed by atoms with Gasteiger partial charge in [0, 0.05) is 6.08 Å². The van der Waals surface area contributed by atoms with Gasteiger partial charge in [-0.25, -0.2) is 9.59 Å². The van der Waals surface area contributed by atoms with E-state index in [1.165, 1.54) is 0 Å². The molecular formula is C20H16O4. The van der Waals surface area contributed by atoms with Gasteiger partial charge in [-0.15, -0.1) is 0 Å². The third-order valence-electron chi connectivity index (χ3n) is 3.70. The van der Waals surface area contributed by atoms with E-state index >= 15 is 0 Å². The molecule has 0 N–H and O–H groups in total. The first-order valence-corrected chi connectivity index (χ1v) is 7.57. The summed E-state index contributed by atoms with van der Waals surface area (Å²) in [4.78, 5) is 23.6. The van der Waals surface area contributed by atoms with Gasteiger partial charge in [-0.05, 0) is 27.6 Å². The molecule has 3 rings (SSSR count). The molecular weight excluding hydrogens is 304 g/mol. The Hall–Kier alpha value is -3.14. The number of ether oxygens (including phenoxy) is 2. The molecule has 0 saturated heterocycles. The van der Waals surface area contributed by atoms with Gasteiger partial charge in [0.15, 0.2) is 0 Å². The number of carbonyl (C=O) groups is 2. The first-order chi connectivity index (χ1) is 11.7. The molecule has 0 saturated carbocycles. The van der Waals surface area contributed by atoms with E-state index < -0.39 is 11.9 Å². The average molecular weight is 320 g/mol. The van der Waals surface area contributed by atoms with Gasteiger partial charge in [0.2, 0.25) is 0 Å². The van der Waals surface area contributed by atoms with Gasteiger partial charge in [-0.3, -0.25) is 0 Å². The zero-order valence-electron chi connectivity index (χ0n) is 13.0. The highest BCUT2D eigenvalue weighted by Gasteiger charge is 2.16. The second-order valence-corrected chi connectivity index (χ2v) is 5.20. The molecule has 0 aliphatic heterocycles. The molecule has 0 amide bonds. The van der Waals surface area contributed by atoms with Crippen LogP contribution in [-0.4, -0.2) is 25.2 Å². The fourth-order valence-corrected chi connectivity index (χ4v) is 2.64. The molecule has 3 aromatic carbocycles. The smallest absolute Gasteiger partial charge is 0.339 e. The summed E-state index contributed by atoms with van der Waals surface area (Å²) in [5.74, 6) is -0.973. The maximum atomic E-state index is 12.6. The van der Waals surface area contributed by atoms with Crippen LogP contribution in [0.1, 0.15) is 10.4 Å². The van der Waals surface area contributed by atoms with Gasteiger partial charge in [-0.1, -0.05) is 55.1 Å². The standard InChI is InChI=1S/C20H16O4/c1-2-18(21)23-11-12-24-20(22)19-16-9-5-3-7-14(16)13-15-8-4-6-10-17(15)19/h2-10,13H,1,11-12H2. The van der Waals surface area contributed by atoms with E-state index in [9.17, 15) is 9.59 Å². The van der Waals surface area contributed by atoms with Crippen molar-refractivity contribution in [3.05, 3.63) is 72.8 Å². The number of rotatable bonds is 5. The summed E-state index contributed by atoms with van der Waals surface area (Å²) in [5.41, 5.74) is 0.527. The van der Waals surface area contributed by atoms with E-state index in [1.807, 2.05) is 54.6 Å². The molecule has 0 aliphatic carbocycles. The Kier molecular flexibility index (Phi) is 4.57. The van der Waals surface area contributed by atoms with E-state index in [1.54, 1.807) is 0 Å². The van der Waals surface area contributed by atoms with Crippen molar-refractivity contribution in [2.24, 2.45) is 0 Å². The van der Waals surface area contributed by atoms with Crippen LogP contribution in [0.4, 0.5) is 0 Å². The third-order valence-corrected chi connectivity index (χ3v) is 3.70. The van der Waals surface area contributed by atoms with Gasteiger partial charge >= 0.3 is 11.9 Å². The van der Waals surface area contributed by atoms with Crippen LogP contribution in [0, 0.1) is 0 Å². The molecule has 0 unspecified atom stereocenters. The first-order valence-electron chi connectivity index (χ1n) is 7.57. The maximum absolute atomic E-state index is 12.6. The van der Waals surface area contributed by atoms with E-state index in [4.69, 9.17) is 9.47 Å². The van der Waals surface area contributed by atoms with Crippen molar-refractivity contribution < 1.29 is 19.1 Å². The van der Waals surface area contributed by atoms with Gasteiger partial charge < -0.3 is 9.47 Å². The van der Waals surface area contributed by atoms with Crippen molar-refractivity contribution in [3.63, 3.8) is 0 Å². The summed E-state index contributed by atoms with van der Waals surface area (Å²) >= 11 is 0. The van der Waals surface area contributed by atoms with Crippen LogP contribution < -0.4 is 0 Å². The Bertz CT molecular complexity index is 873. The summed E-state index contributed by atoms with van der Waals surface area (Å²) in [7, 11) is 0. The molecule has 4 nitrogen and oxygen atoms in total.